The predicted octanol–water partition coefficient (Wildman–Crippen LogP) is 3.70. The predicted molar refractivity (Wildman–Crippen MR) is 93.4 cm³/mol. The van der Waals surface area contributed by atoms with Crippen LogP contribution in [0, 0.1) is 6.92 Å². The van der Waals surface area contributed by atoms with Crippen molar-refractivity contribution in [2.75, 3.05) is 12.9 Å². The molecule has 2 aromatic rings. The topological polar surface area (TPSA) is 56.3 Å². The number of ether oxygens (including phenoxy) is 1. The second-order valence-electron chi connectivity index (χ2n) is 4.98. The van der Waals surface area contributed by atoms with Crippen LogP contribution >= 0.6 is 23.1 Å². The Morgan fingerprint density at radius 3 is 2.52 bits per heavy atom. The Labute approximate surface area is 144 Å². The Bertz CT molecular complexity index is 692. The summed E-state index contributed by atoms with van der Waals surface area (Å²) in [6.07, 6.45) is 2.64. The molecule has 1 aromatic heterocycles. The summed E-state index contributed by atoms with van der Waals surface area (Å²) in [4.78, 5) is 30.0. The summed E-state index contributed by atoms with van der Waals surface area (Å²) in [7, 11) is 0. The number of nitrogens with zero attached hydrogens (tertiary/aromatic N) is 1. The third-order valence-corrected chi connectivity index (χ3v) is 5.09. The minimum Gasteiger partial charge on any atom is -0.462 e. The van der Waals surface area contributed by atoms with Crippen LogP contribution in [0.2, 0.25) is 0 Å². The molecular formula is C17H19NO3S2. The summed E-state index contributed by atoms with van der Waals surface area (Å²) >= 11 is 2.92. The molecule has 1 heterocycles. The molecule has 0 saturated heterocycles. The molecule has 0 aliphatic carbocycles. The van der Waals surface area contributed by atoms with Crippen LogP contribution < -0.4 is 0 Å². The second kappa shape index (κ2) is 8.26. The average Bonchev–Trinajstić information content (AvgIpc) is 2.88. The number of thioether (sulfide) groups is 1. The van der Waals surface area contributed by atoms with E-state index in [-0.39, 0.29) is 18.2 Å². The van der Waals surface area contributed by atoms with E-state index in [1.165, 1.54) is 16.2 Å². The Kier molecular flexibility index (Phi) is 6.36. The fraction of sp³-hybridized carbons (Fsp3) is 0.353. The van der Waals surface area contributed by atoms with E-state index in [9.17, 15) is 9.59 Å². The molecular weight excluding hydrogens is 330 g/mol. The van der Waals surface area contributed by atoms with Gasteiger partial charge in [0, 0.05) is 11.3 Å². The van der Waals surface area contributed by atoms with Gasteiger partial charge < -0.3 is 4.74 Å². The van der Waals surface area contributed by atoms with E-state index in [0.29, 0.717) is 28.6 Å². The van der Waals surface area contributed by atoms with Gasteiger partial charge in [0.25, 0.3) is 0 Å². The van der Waals surface area contributed by atoms with Gasteiger partial charge >= 0.3 is 5.97 Å². The molecule has 0 N–H and O–H groups in total. The maximum Gasteiger partial charge on any atom is 0.350 e. The number of hydrogen-bond donors (Lipinski definition) is 0. The molecule has 122 valence electrons. The number of Topliss-reactive ketones (excluding diaryl/α,β-unsaturated/α-hetero) is 1. The molecule has 1 aromatic carbocycles. The van der Waals surface area contributed by atoms with E-state index in [2.05, 4.69) is 4.98 Å². The monoisotopic (exact) mass is 349 g/mol. The first-order valence-corrected chi connectivity index (χ1v) is 9.35. The van der Waals surface area contributed by atoms with Gasteiger partial charge in [-0.2, -0.15) is 0 Å². The number of rotatable bonds is 7. The fourth-order valence-electron chi connectivity index (χ4n) is 2.12. The molecule has 0 bridgehead atoms. The molecule has 0 unspecified atom stereocenters. The largest absolute Gasteiger partial charge is 0.462 e. The van der Waals surface area contributed by atoms with Crippen LogP contribution in [0.4, 0.5) is 0 Å². The first kappa shape index (κ1) is 17.7. The molecule has 2 rings (SSSR count). The lowest BCUT2D eigenvalue weighted by molar-refractivity contribution is -0.117. The molecule has 0 saturated carbocycles. The summed E-state index contributed by atoms with van der Waals surface area (Å²) < 4.78 is 4.99. The molecule has 0 aliphatic heterocycles. The van der Waals surface area contributed by atoms with Crippen LogP contribution in [-0.2, 0) is 22.4 Å². The SMILES string of the molecule is CCOC(=O)c1sc(CC(=O)Cc2ccc(SC)cc2)nc1C. The summed E-state index contributed by atoms with van der Waals surface area (Å²) in [5, 5.41) is 0.663. The normalized spacial score (nSPS) is 10.6. The Hall–Kier alpha value is -1.66. The molecule has 0 aliphatic rings. The number of hydrogen-bond acceptors (Lipinski definition) is 6. The average molecular weight is 349 g/mol. The summed E-state index contributed by atoms with van der Waals surface area (Å²) in [6.45, 7) is 3.86. The summed E-state index contributed by atoms with van der Waals surface area (Å²) in [6, 6.07) is 7.97. The van der Waals surface area contributed by atoms with Crippen molar-refractivity contribution in [3.05, 3.63) is 45.4 Å². The highest BCUT2D eigenvalue weighted by atomic mass is 32.2. The third kappa shape index (κ3) is 4.91. The molecule has 6 heteroatoms. The zero-order valence-electron chi connectivity index (χ0n) is 13.4. The van der Waals surface area contributed by atoms with Gasteiger partial charge in [-0.1, -0.05) is 12.1 Å². The molecule has 0 amide bonds. The first-order chi connectivity index (χ1) is 11.0. The summed E-state index contributed by atoms with van der Waals surface area (Å²) in [5.74, 6) is -0.278. The van der Waals surface area contributed by atoms with Gasteiger partial charge in [0.15, 0.2) is 0 Å². The van der Waals surface area contributed by atoms with E-state index in [1.807, 2.05) is 30.5 Å². The van der Waals surface area contributed by atoms with Gasteiger partial charge in [-0.3, -0.25) is 4.79 Å². The van der Waals surface area contributed by atoms with Crippen LogP contribution in [0.25, 0.3) is 0 Å². The van der Waals surface area contributed by atoms with Crippen LogP contribution in [0.1, 0.15) is 32.9 Å². The van der Waals surface area contributed by atoms with Crippen molar-refractivity contribution in [2.45, 2.75) is 31.6 Å². The lowest BCUT2D eigenvalue weighted by atomic mass is 10.1. The standard InChI is InChI=1S/C17H19NO3S2/c1-4-21-17(20)16-11(2)18-15(23-16)10-13(19)9-12-5-7-14(22-3)8-6-12/h5-8H,4,9-10H2,1-3H3. The fourth-order valence-corrected chi connectivity index (χ4v) is 3.51. The highest BCUT2D eigenvalue weighted by Crippen LogP contribution is 2.21. The minimum absolute atomic E-state index is 0.0889. The summed E-state index contributed by atoms with van der Waals surface area (Å²) in [5.41, 5.74) is 1.62. The quantitative estimate of drug-likeness (QED) is 0.563. The zero-order chi connectivity index (χ0) is 16.8. The van der Waals surface area contributed by atoms with E-state index in [0.717, 1.165) is 5.56 Å². The molecule has 0 radical (unpaired) electrons. The van der Waals surface area contributed by atoms with Crippen LogP contribution in [0.15, 0.2) is 29.2 Å². The van der Waals surface area contributed by atoms with Gasteiger partial charge in [0.05, 0.1) is 18.7 Å². The lowest BCUT2D eigenvalue weighted by Crippen LogP contribution is -2.06. The zero-order valence-corrected chi connectivity index (χ0v) is 15.1. The number of aryl methyl sites for hydroxylation is 1. The maximum absolute atomic E-state index is 12.2. The van der Waals surface area contributed by atoms with Gasteiger partial charge in [0.2, 0.25) is 0 Å². The van der Waals surface area contributed by atoms with Crippen LogP contribution in [0.3, 0.4) is 0 Å². The van der Waals surface area contributed by atoms with Gasteiger partial charge in [-0.25, -0.2) is 9.78 Å². The van der Waals surface area contributed by atoms with Crippen LogP contribution in [0.5, 0.6) is 0 Å². The number of ketones is 1. The number of carbonyl (C=O) groups excluding carboxylic acids is 2. The Morgan fingerprint density at radius 1 is 1.22 bits per heavy atom. The number of carbonyl (C=O) groups is 2. The number of benzene rings is 1. The van der Waals surface area contributed by atoms with Crippen molar-refractivity contribution in [2.24, 2.45) is 0 Å². The number of thiazole rings is 1. The molecule has 23 heavy (non-hydrogen) atoms. The smallest absolute Gasteiger partial charge is 0.350 e. The second-order valence-corrected chi connectivity index (χ2v) is 6.95. The van der Waals surface area contributed by atoms with Crippen molar-refractivity contribution in [1.82, 2.24) is 4.98 Å². The molecule has 0 atom stereocenters. The molecule has 0 spiro atoms. The Morgan fingerprint density at radius 2 is 1.91 bits per heavy atom. The maximum atomic E-state index is 12.2. The third-order valence-electron chi connectivity index (χ3n) is 3.21. The van der Waals surface area contributed by atoms with Gasteiger partial charge in [-0.05, 0) is 37.8 Å². The highest BCUT2D eigenvalue weighted by molar-refractivity contribution is 7.98. The van der Waals surface area contributed by atoms with E-state index in [1.54, 1.807) is 25.6 Å². The van der Waals surface area contributed by atoms with Crippen LogP contribution in [-0.4, -0.2) is 29.6 Å². The number of aromatic nitrogens is 1. The highest BCUT2D eigenvalue weighted by Gasteiger charge is 2.17. The van der Waals surface area contributed by atoms with Gasteiger partial charge in [0.1, 0.15) is 15.7 Å². The van der Waals surface area contributed by atoms with Crippen molar-refractivity contribution in [1.29, 1.82) is 0 Å². The van der Waals surface area contributed by atoms with Gasteiger partial charge in [-0.15, -0.1) is 23.1 Å². The van der Waals surface area contributed by atoms with E-state index < -0.39 is 0 Å². The van der Waals surface area contributed by atoms with Crippen molar-refractivity contribution in [3.8, 4) is 0 Å². The molecule has 0 fully saturated rings. The van der Waals surface area contributed by atoms with E-state index in [4.69, 9.17) is 4.74 Å². The van der Waals surface area contributed by atoms with Crippen molar-refractivity contribution >= 4 is 34.9 Å². The minimum atomic E-state index is -0.367. The van der Waals surface area contributed by atoms with Crippen molar-refractivity contribution < 1.29 is 14.3 Å². The lowest BCUT2D eigenvalue weighted by Gasteiger charge is -2.01. The van der Waals surface area contributed by atoms with E-state index >= 15 is 0 Å². The first-order valence-electron chi connectivity index (χ1n) is 7.31. The number of esters is 1. The molecule has 4 nitrogen and oxygen atoms in total. The Balaban J connectivity index is 1.99. The van der Waals surface area contributed by atoms with Crippen molar-refractivity contribution in [3.63, 3.8) is 0 Å².